The highest BCUT2D eigenvalue weighted by molar-refractivity contribution is 7.92. The second-order valence-electron chi connectivity index (χ2n) is 5.96. The number of nitrogens with zero attached hydrogens (tertiary/aromatic N) is 1. The monoisotopic (exact) mass is 344 g/mol. The summed E-state index contributed by atoms with van der Waals surface area (Å²) >= 11 is 0. The number of benzene rings is 2. The van der Waals surface area contributed by atoms with E-state index in [1.54, 1.807) is 36.4 Å². The van der Waals surface area contributed by atoms with E-state index in [9.17, 15) is 13.2 Å². The maximum absolute atomic E-state index is 12.2. The van der Waals surface area contributed by atoms with Gasteiger partial charge in [0.15, 0.2) is 0 Å². The van der Waals surface area contributed by atoms with E-state index in [1.165, 1.54) is 4.31 Å². The van der Waals surface area contributed by atoms with Crippen LogP contribution >= 0.6 is 0 Å². The summed E-state index contributed by atoms with van der Waals surface area (Å²) in [7, 11) is -3.21. The Morgan fingerprint density at radius 3 is 2.29 bits per heavy atom. The summed E-state index contributed by atoms with van der Waals surface area (Å²) in [6, 6.07) is 14.2. The van der Waals surface area contributed by atoms with Crippen molar-refractivity contribution < 1.29 is 13.2 Å². The van der Waals surface area contributed by atoms with Gasteiger partial charge >= 0.3 is 0 Å². The predicted molar refractivity (Wildman–Crippen MR) is 95.9 cm³/mol. The first-order valence-electron chi connectivity index (χ1n) is 7.94. The number of anilines is 2. The minimum absolute atomic E-state index is 0.187. The van der Waals surface area contributed by atoms with Crippen molar-refractivity contribution in [3.05, 3.63) is 59.7 Å². The third-order valence-electron chi connectivity index (χ3n) is 4.08. The van der Waals surface area contributed by atoms with Gasteiger partial charge in [0.05, 0.1) is 11.4 Å². The fourth-order valence-corrected chi connectivity index (χ4v) is 4.34. The average Bonchev–Trinajstić information content (AvgIpc) is 2.56. The quantitative estimate of drug-likeness (QED) is 0.930. The van der Waals surface area contributed by atoms with E-state index < -0.39 is 10.0 Å². The summed E-state index contributed by atoms with van der Waals surface area (Å²) in [5, 5.41) is 2.82. The van der Waals surface area contributed by atoms with Crippen molar-refractivity contribution in [2.24, 2.45) is 0 Å². The Morgan fingerprint density at radius 2 is 1.67 bits per heavy atom. The molecule has 1 saturated heterocycles. The number of hydrogen-bond donors (Lipinski definition) is 1. The molecule has 0 atom stereocenters. The van der Waals surface area contributed by atoms with Crippen LogP contribution in [-0.2, 0) is 10.0 Å². The van der Waals surface area contributed by atoms with Crippen molar-refractivity contribution in [3.63, 3.8) is 0 Å². The number of nitrogens with one attached hydrogen (secondary N) is 1. The van der Waals surface area contributed by atoms with Crippen LogP contribution in [0.25, 0.3) is 0 Å². The Bertz CT molecular complexity index is 828. The van der Waals surface area contributed by atoms with Gasteiger partial charge in [-0.15, -0.1) is 0 Å². The van der Waals surface area contributed by atoms with Gasteiger partial charge in [0, 0.05) is 17.8 Å². The van der Waals surface area contributed by atoms with E-state index in [-0.39, 0.29) is 11.7 Å². The Morgan fingerprint density at radius 1 is 1.00 bits per heavy atom. The smallest absolute Gasteiger partial charge is 0.255 e. The number of rotatable bonds is 3. The molecule has 2 aromatic carbocycles. The van der Waals surface area contributed by atoms with Crippen molar-refractivity contribution in [1.82, 2.24) is 0 Å². The zero-order valence-corrected chi connectivity index (χ0v) is 14.3. The normalized spacial score (nSPS) is 16.6. The molecule has 3 rings (SSSR count). The highest BCUT2D eigenvalue weighted by Crippen LogP contribution is 2.25. The summed E-state index contributed by atoms with van der Waals surface area (Å²) in [4.78, 5) is 12.2. The van der Waals surface area contributed by atoms with Gasteiger partial charge in [0.2, 0.25) is 10.0 Å². The standard InChI is InChI=1S/C18H20N2O3S/c1-14-4-6-15(7-5-14)18(21)19-16-8-10-17(11-9-16)20-12-2-3-13-24(20,22)23/h4-11H,2-3,12-13H2,1H3,(H,19,21). The molecule has 24 heavy (non-hydrogen) atoms. The molecule has 0 aliphatic carbocycles. The lowest BCUT2D eigenvalue weighted by atomic mass is 10.1. The first-order chi connectivity index (χ1) is 11.5. The van der Waals surface area contributed by atoms with E-state index in [0.29, 0.717) is 29.9 Å². The number of sulfonamides is 1. The first-order valence-corrected chi connectivity index (χ1v) is 9.55. The minimum atomic E-state index is -3.21. The van der Waals surface area contributed by atoms with Gasteiger partial charge in [0.1, 0.15) is 0 Å². The summed E-state index contributed by atoms with van der Waals surface area (Å²) in [5.74, 6) is 0.00665. The highest BCUT2D eigenvalue weighted by atomic mass is 32.2. The Hall–Kier alpha value is -2.34. The number of carbonyl (C=O) groups excluding carboxylic acids is 1. The lowest BCUT2D eigenvalue weighted by Crippen LogP contribution is -2.37. The van der Waals surface area contributed by atoms with Crippen molar-refractivity contribution in [2.45, 2.75) is 19.8 Å². The molecule has 5 nitrogen and oxygen atoms in total. The maximum atomic E-state index is 12.2. The molecule has 2 aromatic rings. The second kappa shape index (κ2) is 6.65. The number of carbonyl (C=O) groups is 1. The molecule has 0 radical (unpaired) electrons. The van der Waals surface area contributed by atoms with Crippen LogP contribution < -0.4 is 9.62 Å². The molecule has 1 heterocycles. The predicted octanol–water partition coefficient (Wildman–Crippen LogP) is 3.18. The molecule has 1 aliphatic heterocycles. The molecule has 126 valence electrons. The third kappa shape index (κ3) is 3.59. The van der Waals surface area contributed by atoms with Crippen LogP contribution in [0.4, 0.5) is 11.4 Å². The Balaban J connectivity index is 1.72. The van der Waals surface area contributed by atoms with Crippen molar-refractivity contribution >= 4 is 27.3 Å². The fraction of sp³-hybridized carbons (Fsp3) is 0.278. The van der Waals surface area contributed by atoms with Crippen LogP contribution in [0.2, 0.25) is 0 Å². The minimum Gasteiger partial charge on any atom is -0.322 e. The molecule has 1 N–H and O–H groups in total. The van der Waals surface area contributed by atoms with Crippen LogP contribution in [0.15, 0.2) is 48.5 Å². The van der Waals surface area contributed by atoms with E-state index in [1.807, 2.05) is 19.1 Å². The van der Waals surface area contributed by atoms with Crippen molar-refractivity contribution in [3.8, 4) is 0 Å². The summed E-state index contributed by atoms with van der Waals surface area (Å²) in [6.07, 6.45) is 1.58. The lowest BCUT2D eigenvalue weighted by molar-refractivity contribution is 0.102. The van der Waals surface area contributed by atoms with Crippen molar-refractivity contribution in [1.29, 1.82) is 0 Å². The van der Waals surface area contributed by atoms with E-state index in [4.69, 9.17) is 0 Å². The van der Waals surface area contributed by atoms with E-state index in [0.717, 1.165) is 12.0 Å². The van der Waals surface area contributed by atoms with Crippen molar-refractivity contribution in [2.75, 3.05) is 21.9 Å². The third-order valence-corrected chi connectivity index (χ3v) is 5.95. The van der Waals surface area contributed by atoms with Crippen LogP contribution in [0.5, 0.6) is 0 Å². The highest BCUT2D eigenvalue weighted by Gasteiger charge is 2.25. The topological polar surface area (TPSA) is 66.5 Å². The molecular weight excluding hydrogens is 324 g/mol. The zero-order chi connectivity index (χ0) is 17.2. The van der Waals surface area contributed by atoms with Gasteiger partial charge in [-0.2, -0.15) is 0 Å². The molecule has 0 aromatic heterocycles. The first kappa shape index (κ1) is 16.5. The van der Waals surface area contributed by atoms with E-state index >= 15 is 0 Å². The lowest BCUT2D eigenvalue weighted by Gasteiger charge is -2.28. The Labute approximate surface area is 142 Å². The fourth-order valence-electron chi connectivity index (χ4n) is 2.70. The molecule has 0 spiro atoms. The molecule has 6 heteroatoms. The van der Waals surface area contributed by atoms with Gasteiger partial charge in [-0.1, -0.05) is 17.7 Å². The molecule has 1 aliphatic rings. The second-order valence-corrected chi connectivity index (χ2v) is 7.98. The number of hydrogen-bond acceptors (Lipinski definition) is 3. The Kier molecular flexibility index (Phi) is 4.57. The van der Waals surface area contributed by atoms with Crippen LogP contribution in [0.1, 0.15) is 28.8 Å². The molecule has 1 amide bonds. The molecule has 0 bridgehead atoms. The molecule has 0 saturated carbocycles. The number of amides is 1. The zero-order valence-electron chi connectivity index (χ0n) is 13.5. The van der Waals surface area contributed by atoms with Crippen LogP contribution in [-0.4, -0.2) is 26.6 Å². The maximum Gasteiger partial charge on any atom is 0.255 e. The van der Waals surface area contributed by atoms with Gasteiger partial charge in [-0.25, -0.2) is 8.42 Å². The van der Waals surface area contributed by atoms with Gasteiger partial charge < -0.3 is 5.32 Å². The molecular formula is C18H20N2O3S. The van der Waals surface area contributed by atoms with Crippen LogP contribution in [0.3, 0.4) is 0 Å². The number of aryl methyl sites for hydroxylation is 1. The van der Waals surface area contributed by atoms with Crippen LogP contribution in [0, 0.1) is 6.92 Å². The van der Waals surface area contributed by atoms with Gasteiger partial charge in [0.25, 0.3) is 5.91 Å². The van der Waals surface area contributed by atoms with Gasteiger partial charge in [-0.3, -0.25) is 9.10 Å². The summed E-state index contributed by atoms with van der Waals surface area (Å²) in [6.45, 7) is 2.48. The summed E-state index contributed by atoms with van der Waals surface area (Å²) in [5.41, 5.74) is 2.96. The molecule has 0 unspecified atom stereocenters. The average molecular weight is 344 g/mol. The largest absolute Gasteiger partial charge is 0.322 e. The SMILES string of the molecule is Cc1ccc(C(=O)Nc2ccc(N3CCCCS3(=O)=O)cc2)cc1. The van der Waals surface area contributed by atoms with E-state index in [2.05, 4.69) is 5.32 Å². The van der Waals surface area contributed by atoms with Gasteiger partial charge in [-0.05, 0) is 56.2 Å². The molecule has 1 fully saturated rings. The summed E-state index contributed by atoms with van der Waals surface area (Å²) < 4.78 is 25.7.